The van der Waals surface area contributed by atoms with E-state index in [1.165, 1.54) is 11.8 Å². The van der Waals surface area contributed by atoms with Crippen molar-refractivity contribution in [2.75, 3.05) is 5.32 Å². The molecule has 8 heteroatoms. The Bertz CT molecular complexity index is 1200. The van der Waals surface area contributed by atoms with Gasteiger partial charge in [-0.15, -0.1) is 5.10 Å². The summed E-state index contributed by atoms with van der Waals surface area (Å²) < 4.78 is 0.927. The van der Waals surface area contributed by atoms with E-state index in [0.717, 1.165) is 26.5 Å². The lowest BCUT2D eigenvalue weighted by Crippen LogP contribution is -2.28. The van der Waals surface area contributed by atoms with Gasteiger partial charge in [-0.1, -0.05) is 70.2 Å². The van der Waals surface area contributed by atoms with Crippen LogP contribution in [0.5, 0.6) is 0 Å². The Labute approximate surface area is 192 Å². The maximum atomic E-state index is 12.3. The average Bonchev–Trinajstić information content (AvgIpc) is 3.12. The molecule has 1 saturated heterocycles. The monoisotopic (exact) mass is 494 g/mol. The number of amidine groups is 1. The summed E-state index contributed by atoms with van der Waals surface area (Å²) in [5, 5.41) is 16.1. The Hall–Kier alpha value is -2.97. The number of nitrogens with zero attached hydrogens (tertiary/aromatic N) is 2. The lowest BCUT2D eigenvalue weighted by molar-refractivity contribution is -0.122. The fraction of sp³-hybridized carbons (Fsp3) is 0.130. The number of amides is 2. The van der Waals surface area contributed by atoms with E-state index in [-0.39, 0.29) is 18.2 Å². The van der Waals surface area contributed by atoms with Crippen molar-refractivity contribution in [1.29, 1.82) is 0 Å². The Balaban J connectivity index is 1.42. The molecule has 0 spiro atoms. The van der Waals surface area contributed by atoms with Crippen LogP contribution < -0.4 is 10.6 Å². The zero-order valence-corrected chi connectivity index (χ0v) is 19.0. The average molecular weight is 495 g/mol. The van der Waals surface area contributed by atoms with Gasteiger partial charge in [-0.05, 0) is 42.0 Å². The Morgan fingerprint density at radius 3 is 2.65 bits per heavy atom. The minimum atomic E-state index is -0.540. The quantitative estimate of drug-likeness (QED) is 0.389. The summed E-state index contributed by atoms with van der Waals surface area (Å²) in [6.45, 7) is 1.89. The van der Waals surface area contributed by atoms with Crippen LogP contribution in [-0.4, -0.2) is 27.9 Å². The Kier molecular flexibility index (Phi) is 6.48. The molecule has 2 N–H and O–H groups in total. The standard InChI is InChI=1S/C23H19BrN4O2S/c1-14(18-8-4-6-15-5-2-3-7-19(15)18)27-28-23-26-22(30)20(31-23)13-21(29)25-17-11-9-16(24)10-12-17/h2-12,20H,13H2,1H3,(H,25,29)(H,26,28,30)/b27-14+. The van der Waals surface area contributed by atoms with Crippen LogP contribution in [0.25, 0.3) is 10.8 Å². The molecule has 0 bridgehead atoms. The smallest absolute Gasteiger partial charge is 0.240 e. The molecule has 0 aliphatic carbocycles. The number of benzene rings is 3. The van der Waals surface area contributed by atoms with Gasteiger partial charge in [-0.3, -0.25) is 9.59 Å². The van der Waals surface area contributed by atoms with E-state index < -0.39 is 5.25 Å². The number of carbonyl (C=O) groups is 2. The maximum absolute atomic E-state index is 12.3. The van der Waals surface area contributed by atoms with Crippen molar-refractivity contribution < 1.29 is 9.59 Å². The fourth-order valence-corrected chi connectivity index (χ4v) is 4.40. The highest BCUT2D eigenvalue weighted by Crippen LogP contribution is 2.24. The molecular formula is C23H19BrN4O2S. The summed E-state index contributed by atoms with van der Waals surface area (Å²) in [7, 11) is 0. The van der Waals surface area contributed by atoms with E-state index in [1.807, 2.05) is 49.4 Å². The molecule has 3 aromatic rings. The zero-order valence-electron chi connectivity index (χ0n) is 16.6. The molecule has 1 unspecified atom stereocenters. The highest BCUT2D eigenvalue weighted by atomic mass is 79.9. The van der Waals surface area contributed by atoms with Crippen LogP contribution in [0.2, 0.25) is 0 Å². The SMILES string of the molecule is C/C(=N\N=C1\NC(=O)C(CC(=O)Nc2ccc(Br)cc2)S1)c1cccc2ccccc12. The van der Waals surface area contributed by atoms with Gasteiger partial charge in [0.2, 0.25) is 11.8 Å². The van der Waals surface area contributed by atoms with Gasteiger partial charge in [-0.25, -0.2) is 0 Å². The number of anilines is 1. The largest absolute Gasteiger partial charge is 0.326 e. The number of carbonyl (C=O) groups excluding carboxylic acids is 2. The third-order valence-corrected chi connectivity index (χ3v) is 6.35. The molecule has 0 aromatic heterocycles. The van der Waals surface area contributed by atoms with E-state index in [1.54, 1.807) is 12.1 Å². The van der Waals surface area contributed by atoms with Gasteiger partial charge in [0.05, 0.1) is 5.71 Å². The highest BCUT2D eigenvalue weighted by molar-refractivity contribution is 9.10. The number of hydrogen-bond acceptors (Lipinski definition) is 5. The van der Waals surface area contributed by atoms with Crippen LogP contribution >= 0.6 is 27.7 Å². The molecular weight excluding hydrogens is 476 g/mol. The number of hydrogen-bond donors (Lipinski definition) is 2. The molecule has 31 heavy (non-hydrogen) atoms. The number of halogens is 1. The predicted molar refractivity (Wildman–Crippen MR) is 131 cm³/mol. The van der Waals surface area contributed by atoms with Crippen LogP contribution in [-0.2, 0) is 9.59 Å². The van der Waals surface area contributed by atoms with Gasteiger partial charge in [0.15, 0.2) is 5.17 Å². The molecule has 156 valence electrons. The first kappa shape index (κ1) is 21.3. The summed E-state index contributed by atoms with van der Waals surface area (Å²) in [5.41, 5.74) is 2.42. The molecule has 0 radical (unpaired) electrons. The molecule has 4 rings (SSSR count). The summed E-state index contributed by atoms with van der Waals surface area (Å²) >= 11 is 4.57. The van der Waals surface area contributed by atoms with Crippen molar-refractivity contribution in [3.05, 3.63) is 76.8 Å². The molecule has 1 aliphatic rings. The second kappa shape index (κ2) is 9.45. The third-order valence-electron chi connectivity index (χ3n) is 4.75. The number of nitrogens with one attached hydrogen (secondary N) is 2. The van der Waals surface area contributed by atoms with E-state index >= 15 is 0 Å². The molecule has 2 amide bonds. The lowest BCUT2D eigenvalue weighted by atomic mass is 10.0. The van der Waals surface area contributed by atoms with Crippen molar-refractivity contribution in [1.82, 2.24) is 5.32 Å². The van der Waals surface area contributed by atoms with Crippen molar-refractivity contribution in [3.63, 3.8) is 0 Å². The first-order valence-corrected chi connectivity index (χ1v) is 11.3. The van der Waals surface area contributed by atoms with Crippen LogP contribution in [0.15, 0.2) is 81.4 Å². The van der Waals surface area contributed by atoms with Crippen molar-refractivity contribution in [2.45, 2.75) is 18.6 Å². The van der Waals surface area contributed by atoms with Crippen LogP contribution in [0.3, 0.4) is 0 Å². The minimum Gasteiger partial charge on any atom is -0.326 e. The van der Waals surface area contributed by atoms with Gasteiger partial charge in [0, 0.05) is 22.1 Å². The predicted octanol–water partition coefficient (Wildman–Crippen LogP) is 4.94. The molecule has 3 aromatic carbocycles. The summed E-state index contributed by atoms with van der Waals surface area (Å²) in [4.78, 5) is 24.6. The topological polar surface area (TPSA) is 82.9 Å². The molecule has 0 saturated carbocycles. The van der Waals surface area contributed by atoms with Crippen LogP contribution in [0, 0.1) is 0 Å². The van der Waals surface area contributed by atoms with Crippen LogP contribution in [0.1, 0.15) is 18.9 Å². The van der Waals surface area contributed by atoms with Crippen LogP contribution in [0.4, 0.5) is 5.69 Å². The third kappa shape index (κ3) is 5.21. The van der Waals surface area contributed by atoms with Gasteiger partial charge in [0.25, 0.3) is 0 Å². The highest BCUT2D eigenvalue weighted by Gasteiger charge is 2.32. The second-order valence-electron chi connectivity index (χ2n) is 6.97. The van der Waals surface area contributed by atoms with Crippen molar-refractivity contribution in [3.8, 4) is 0 Å². The Morgan fingerprint density at radius 1 is 1.10 bits per heavy atom. The number of rotatable bonds is 5. The van der Waals surface area contributed by atoms with E-state index in [2.05, 4.69) is 48.9 Å². The second-order valence-corrected chi connectivity index (χ2v) is 9.08. The van der Waals surface area contributed by atoms with Crippen molar-refractivity contribution in [2.24, 2.45) is 10.2 Å². The van der Waals surface area contributed by atoms with E-state index in [4.69, 9.17) is 0 Å². The molecule has 1 atom stereocenters. The number of thioether (sulfide) groups is 1. The normalized spacial score (nSPS) is 17.7. The summed E-state index contributed by atoms with van der Waals surface area (Å²) in [6.07, 6.45) is 0.0532. The minimum absolute atomic E-state index is 0.0532. The van der Waals surface area contributed by atoms with Crippen molar-refractivity contribution >= 4 is 66.8 Å². The molecule has 6 nitrogen and oxygen atoms in total. The summed E-state index contributed by atoms with van der Waals surface area (Å²) in [6, 6.07) is 21.4. The molecule has 1 fully saturated rings. The molecule has 1 heterocycles. The first-order valence-electron chi connectivity index (χ1n) is 9.63. The van der Waals surface area contributed by atoms with Gasteiger partial charge in [0.1, 0.15) is 5.25 Å². The lowest BCUT2D eigenvalue weighted by Gasteiger charge is -2.07. The zero-order chi connectivity index (χ0) is 21.8. The van der Waals surface area contributed by atoms with Gasteiger partial charge in [-0.2, -0.15) is 5.10 Å². The first-order chi connectivity index (χ1) is 15.0. The maximum Gasteiger partial charge on any atom is 0.240 e. The Morgan fingerprint density at radius 2 is 1.84 bits per heavy atom. The molecule has 1 aliphatic heterocycles. The fourth-order valence-electron chi connectivity index (χ4n) is 3.22. The van der Waals surface area contributed by atoms with E-state index in [9.17, 15) is 9.59 Å². The summed E-state index contributed by atoms with van der Waals surface area (Å²) in [5.74, 6) is -0.473. The van der Waals surface area contributed by atoms with E-state index in [0.29, 0.717) is 10.9 Å². The van der Waals surface area contributed by atoms with Gasteiger partial charge >= 0.3 is 0 Å². The van der Waals surface area contributed by atoms with Gasteiger partial charge < -0.3 is 10.6 Å². The number of fused-ring (bicyclic) bond motifs is 1.